The fraction of sp³-hybridized carbons (Fsp3) is 0.211. The number of aryl methyl sites for hydroxylation is 1. The predicted octanol–water partition coefficient (Wildman–Crippen LogP) is 2.53. The number of carbonyl (C=O) groups excluding carboxylic acids is 1. The highest BCUT2D eigenvalue weighted by molar-refractivity contribution is 5.91. The molecule has 1 aromatic carbocycles. The van der Waals surface area contributed by atoms with Crippen LogP contribution in [0.4, 0.5) is 0 Å². The van der Waals surface area contributed by atoms with Crippen LogP contribution >= 0.6 is 0 Å². The van der Waals surface area contributed by atoms with Gasteiger partial charge >= 0.3 is 0 Å². The molecular weight excluding hydrogens is 302 g/mol. The maximum Gasteiger partial charge on any atom is 0.247 e. The van der Waals surface area contributed by atoms with E-state index in [1.54, 1.807) is 31.3 Å². The van der Waals surface area contributed by atoms with Gasteiger partial charge in [-0.05, 0) is 30.2 Å². The number of rotatable bonds is 3. The third-order valence-electron chi connectivity index (χ3n) is 4.05. The molecule has 0 fully saturated rings. The van der Waals surface area contributed by atoms with Crippen LogP contribution in [0.25, 0.3) is 22.2 Å². The van der Waals surface area contributed by atoms with Gasteiger partial charge in [-0.15, -0.1) is 0 Å². The van der Waals surface area contributed by atoms with Crippen LogP contribution < -0.4 is 5.56 Å². The summed E-state index contributed by atoms with van der Waals surface area (Å²) in [5.41, 5.74) is 4.29. The SMILES string of the molecule is Cc1cc(-c2ccc(=O)[nH]c2)nc2c(CC(=O)N(C)C)cccc12. The summed E-state index contributed by atoms with van der Waals surface area (Å²) in [5.74, 6) is 0.0383. The van der Waals surface area contributed by atoms with E-state index in [1.165, 1.54) is 6.07 Å². The summed E-state index contributed by atoms with van der Waals surface area (Å²) < 4.78 is 0. The van der Waals surface area contributed by atoms with Gasteiger partial charge in [0.1, 0.15) is 0 Å². The molecule has 0 spiro atoms. The van der Waals surface area contributed by atoms with Crippen molar-refractivity contribution in [3.8, 4) is 11.3 Å². The highest BCUT2D eigenvalue weighted by atomic mass is 16.2. The maximum absolute atomic E-state index is 12.1. The number of likely N-dealkylation sites (N-methyl/N-ethyl adjacent to an activating group) is 1. The van der Waals surface area contributed by atoms with E-state index in [1.807, 2.05) is 31.2 Å². The Morgan fingerprint density at radius 1 is 1.21 bits per heavy atom. The fourth-order valence-electron chi connectivity index (χ4n) is 2.66. The Hall–Kier alpha value is -2.95. The second-order valence-electron chi connectivity index (χ2n) is 6.04. The van der Waals surface area contributed by atoms with Crippen molar-refractivity contribution in [2.45, 2.75) is 13.3 Å². The van der Waals surface area contributed by atoms with Crippen molar-refractivity contribution in [2.75, 3.05) is 14.1 Å². The summed E-state index contributed by atoms with van der Waals surface area (Å²) >= 11 is 0. The number of benzene rings is 1. The monoisotopic (exact) mass is 321 g/mol. The lowest BCUT2D eigenvalue weighted by atomic mass is 10.0. The van der Waals surface area contributed by atoms with Crippen LogP contribution in [0.3, 0.4) is 0 Å². The van der Waals surface area contributed by atoms with Crippen molar-refractivity contribution >= 4 is 16.8 Å². The first-order chi connectivity index (χ1) is 11.5. The van der Waals surface area contributed by atoms with Gasteiger partial charge in [-0.2, -0.15) is 0 Å². The van der Waals surface area contributed by atoms with Gasteiger partial charge < -0.3 is 9.88 Å². The largest absolute Gasteiger partial charge is 0.349 e. The predicted molar refractivity (Wildman–Crippen MR) is 94.9 cm³/mol. The number of hydrogen-bond donors (Lipinski definition) is 1. The lowest BCUT2D eigenvalue weighted by Gasteiger charge is -2.13. The molecule has 0 aliphatic rings. The first kappa shape index (κ1) is 15.9. The molecule has 1 amide bonds. The maximum atomic E-state index is 12.1. The summed E-state index contributed by atoms with van der Waals surface area (Å²) in [6, 6.07) is 11.1. The molecule has 122 valence electrons. The standard InChI is InChI=1S/C19H19N3O2/c1-12-9-16(14-7-8-17(23)20-11-14)21-19-13(5-4-6-15(12)19)10-18(24)22(2)3/h4-9,11H,10H2,1-3H3,(H,20,23). The van der Waals surface area contributed by atoms with Crippen LogP contribution in [0.15, 0.2) is 47.4 Å². The normalized spacial score (nSPS) is 10.8. The van der Waals surface area contributed by atoms with Gasteiger partial charge in [0.25, 0.3) is 0 Å². The number of nitrogens with zero attached hydrogens (tertiary/aromatic N) is 2. The van der Waals surface area contributed by atoms with Crippen molar-refractivity contribution < 1.29 is 4.79 Å². The van der Waals surface area contributed by atoms with E-state index in [9.17, 15) is 9.59 Å². The van der Waals surface area contributed by atoms with Gasteiger partial charge in [-0.25, -0.2) is 4.98 Å². The Kier molecular flexibility index (Phi) is 4.16. The second kappa shape index (κ2) is 6.28. The number of para-hydroxylation sites is 1. The van der Waals surface area contributed by atoms with Gasteiger partial charge in [-0.3, -0.25) is 9.59 Å². The van der Waals surface area contributed by atoms with Crippen molar-refractivity contribution in [3.63, 3.8) is 0 Å². The second-order valence-corrected chi connectivity index (χ2v) is 6.04. The lowest BCUT2D eigenvalue weighted by molar-refractivity contribution is -0.127. The number of nitrogens with one attached hydrogen (secondary N) is 1. The molecule has 2 heterocycles. The van der Waals surface area contributed by atoms with Crippen molar-refractivity contribution in [1.29, 1.82) is 0 Å². The quantitative estimate of drug-likeness (QED) is 0.806. The van der Waals surface area contributed by atoms with Gasteiger partial charge in [0.05, 0.1) is 17.6 Å². The summed E-state index contributed by atoms with van der Waals surface area (Å²) in [4.78, 5) is 32.4. The van der Waals surface area contributed by atoms with E-state index in [0.717, 1.165) is 33.3 Å². The summed E-state index contributed by atoms with van der Waals surface area (Å²) in [7, 11) is 3.50. The Bertz CT molecular complexity index is 954. The molecule has 0 aliphatic heterocycles. The molecule has 5 heteroatoms. The van der Waals surface area contributed by atoms with Crippen molar-refractivity contribution in [3.05, 3.63) is 64.1 Å². The molecule has 1 N–H and O–H groups in total. The molecule has 5 nitrogen and oxygen atoms in total. The molecule has 0 bridgehead atoms. The zero-order chi connectivity index (χ0) is 17.3. The third kappa shape index (κ3) is 3.06. The number of hydrogen-bond acceptors (Lipinski definition) is 3. The Morgan fingerprint density at radius 3 is 2.67 bits per heavy atom. The number of H-pyrrole nitrogens is 1. The number of aromatic amines is 1. The molecule has 0 atom stereocenters. The zero-order valence-corrected chi connectivity index (χ0v) is 14.0. The Balaban J connectivity index is 2.16. The summed E-state index contributed by atoms with van der Waals surface area (Å²) in [6.45, 7) is 2.02. The number of fused-ring (bicyclic) bond motifs is 1. The Labute approximate surface area is 140 Å². The topological polar surface area (TPSA) is 66.1 Å². The number of carbonyl (C=O) groups is 1. The molecule has 3 rings (SSSR count). The molecule has 24 heavy (non-hydrogen) atoms. The lowest BCUT2D eigenvalue weighted by Crippen LogP contribution is -2.23. The molecule has 3 aromatic rings. The third-order valence-corrected chi connectivity index (χ3v) is 4.05. The summed E-state index contributed by atoms with van der Waals surface area (Å²) in [5, 5.41) is 1.03. The van der Waals surface area contributed by atoms with E-state index in [4.69, 9.17) is 4.98 Å². The average molecular weight is 321 g/mol. The van der Waals surface area contributed by atoms with Crippen molar-refractivity contribution in [1.82, 2.24) is 14.9 Å². The molecule has 0 saturated heterocycles. The molecule has 0 unspecified atom stereocenters. The van der Waals surface area contributed by atoms with Crippen LogP contribution in [0.2, 0.25) is 0 Å². The van der Waals surface area contributed by atoms with Gasteiger partial charge in [0, 0.05) is 37.3 Å². The first-order valence-electron chi connectivity index (χ1n) is 7.74. The van der Waals surface area contributed by atoms with E-state index >= 15 is 0 Å². The van der Waals surface area contributed by atoms with Crippen LogP contribution in [-0.2, 0) is 11.2 Å². The molecule has 0 aliphatic carbocycles. The minimum absolute atomic E-state index is 0.0383. The number of amides is 1. The van der Waals surface area contributed by atoms with E-state index in [2.05, 4.69) is 4.98 Å². The molecule has 0 saturated carbocycles. The summed E-state index contributed by atoms with van der Waals surface area (Å²) in [6.07, 6.45) is 1.97. The highest BCUT2D eigenvalue weighted by Gasteiger charge is 2.12. The van der Waals surface area contributed by atoms with Crippen LogP contribution in [0.5, 0.6) is 0 Å². The van der Waals surface area contributed by atoms with Gasteiger partial charge in [0.15, 0.2) is 0 Å². The molecule has 2 aromatic heterocycles. The van der Waals surface area contributed by atoms with Crippen molar-refractivity contribution in [2.24, 2.45) is 0 Å². The Morgan fingerprint density at radius 2 is 2.00 bits per heavy atom. The number of pyridine rings is 2. The first-order valence-corrected chi connectivity index (χ1v) is 7.74. The molecular formula is C19H19N3O2. The minimum Gasteiger partial charge on any atom is -0.349 e. The van der Waals surface area contributed by atoms with E-state index < -0.39 is 0 Å². The number of aromatic nitrogens is 2. The smallest absolute Gasteiger partial charge is 0.247 e. The van der Waals surface area contributed by atoms with Crippen LogP contribution in [0.1, 0.15) is 11.1 Å². The van der Waals surface area contributed by atoms with Crippen LogP contribution in [0, 0.1) is 6.92 Å². The van der Waals surface area contributed by atoms with E-state index in [-0.39, 0.29) is 11.5 Å². The van der Waals surface area contributed by atoms with Gasteiger partial charge in [0.2, 0.25) is 11.5 Å². The van der Waals surface area contributed by atoms with Crippen LogP contribution in [-0.4, -0.2) is 34.9 Å². The highest BCUT2D eigenvalue weighted by Crippen LogP contribution is 2.26. The molecule has 0 radical (unpaired) electrons. The van der Waals surface area contributed by atoms with E-state index in [0.29, 0.717) is 6.42 Å². The minimum atomic E-state index is -0.145. The average Bonchev–Trinajstić information content (AvgIpc) is 2.56. The zero-order valence-electron chi connectivity index (χ0n) is 14.0. The van der Waals surface area contributed by atoms with Gasteiger partial charge in [-0.1, -0.05) is 18.2 Å². The fourth-order valence-corrected chi connectivity index (χ4v) is 2.66.